The van der Waals surface area contributed by atoms with Crippen molar-refractivity contribution in [2.24, 2.45) is 0 Å². The highest BCUT2D eigenvalue weighted by Crippen LogP contribution is 2.14. The lowest BCUT2D eigenvalue weighted by Crippen LogP contribution is -2.48. The molecule has 0 spiro atoms. The van der Waals surface area contributed by atoms with Gasteiger partial charge in [-0.1, -0.05) is 18.2 Å². The van der Waals surface area contributed by atoms with E-state index in [1.54, 1.807) is 40.3 Å². The highest BCUT2D eigenvalue weighted by molar-refractivity contribution is 5.94. The highest BCUT2D eigenvalue weighted by Gasteiger charge is 2.21. The van der Waals surface area contributed by atoms with Crippen LogP contribution in [0, 0.1) is 5.82 Å². The first-order valence-corrected chi connectivity index (χ1v) is 8.08. The van der Waals surface area contributed by atoms with E-state index >= 15 is 0 Å². The molecule has 25 heavy (non-hydrogen) atoms. The lowest BCUT2D eigenvalue weighted by Gasteiger charge is -2.32. The molecule has 0 unspecified atom stereocenters. The van der Waals surface area contributed by atoms with Gasteiger partial charge in [0.15, 0.2) is 0 Å². The van der Waals surface area contributed by atoms with Crippen molar-refractivity contribution in [3.05, 3.63) is 59.7 Å². The number of piperazine rings is 1. The lowest BCUT2D eigenvalue weighted by molar-refractivity contribution is -0.119. The van der Waals surface area contributed by atoms with Crippen LogP contribution in [0.1, 0.15) is 15.9 Å². The second kappa shape index (κ2) is 7.74. The number of nitrogens with zero attached hydrogens (tertiary/aromatic N) is 3. The van der Waals surface area contributed by atoms with Gasteiger partial charge in [0, 0.05) is 50.7 Å². The van der Waals surface area contributed by atoms with Crippen LogP contribution in [-0.4, -0.2) is 53.3 Å². The fourth-order valence-corrected chi connectivity index (χ4v) is 2.71. The van der Waals surface area contributed by atoms with E-state index in [1.807, 2.05) is 0 Å². The van der Waals surface area contributed by atoms with Crippen LogP contribution < -0.4 is 5.32 Å². The normalized spacial score (nSPS) is 14.3. The first-order valence-electron chi connectivity index (χ1n) is 8.08. The summed E-state index contributed by atoms with van der Waals surface area (Å²) < 4.78 is 13.7. The Morgan fingerprint density at radius 2 is 1.96 bits per heavy atom. The van der Waals surface area contributed by atoms with Crippen LogP contribution in [0.25, 0.3) is 0 Å². The van der Waals surface area contributed by atoms with Crippen molar-refractivity contribution in [2.75, 3.05) is 31.5 Å². The second-order valence-corrected chi connectivity index (χ2v) is 5.84. The summed E-state index contributed by atoms with van der Waals surface area (Å²) in [4.78, 5) is 30.8. The van der Waals surface area contributed by atoms with Gasteiger partial charge in [-0.3, -0.25) is 14.6 Å². The van der Waals surface area contributed by atoms with Gasteiger partial charge in [-0.05, 0) is 12.1 Å². The summed E-state index contributed by atoms with van der Waals surface area (Å²) in [6.07, 6.45) is 3.92. The van der Waals surface area contributed by atoms with Gasteiger partial charge in [-0.15, -0.1) is 0 Å². The Hall–Kier alpha value is -2.96. The third-order valence-electron chi connectivity index (χ3n) is 4.18. The number of carbonyl (C=O) groups excluding carboxylic acids is 2. The molecule has 3 rings (SSSR count). The van der Waals surface area contributed by atoms with Crippen molar-refractivity contribution >= 4 is 18.0 Å². The smallest absolute Gasteiger partial charge is 0.255 e. The molecule has 0 bridgehead atoms. The molecule has 2 aromatic rings. The van der Waals surface area contributed by atoms with Crippen molar-refractivity contribution in [1.29, 1.82) is 0 Å². The molecule has 1 fully saturated rings. The lowest BCUT2D eigenvalue weighted by atomic mass is 10.2. The summed E-state index contributed by atoms with van der Waals surface area (Å²) in [6.45, 7) is 2.39. The Labute approximate surface area is 145 Å². The molecule has 1 saturated heterocycles. The molecule has 1 aromatic heterocycles. The Balaban J connectivity index is 1.64. The average molecular weight is 342 g/mol. The van der Waals surface area contributed by atoms with Crippen molar-refractivity contribution in [3.8, 4) is 0 Å². The molecule has 7 heteroatoms. The zero-order chi connectivity index (χ0) is 17.6. The minimum absolute atomic E-state index is 0.118. The number of rotatable bonds is 5. The van der Waals surface area contributed by atoms with E-state index in [2.05, 4.69) is 10.3 Å². The van der Waals surface area contributed by atoms with Crippen LogP contribution in [0.15, 0.2) is 42.7 Å². The molecule has 1 aliphatic rings. The van der Waals surface area contributed by atoms with Crippen molar-refractivity contribution in [1.82, 2.24) is 14.8 Å². The van der Waals surface area contributed by atoms with Gasteiger partial charge in [0.25, 0.3) is 5.91 Å². The Kier molecular flexibility index (Phi) is 5.23. The zero-order valence-electron chi connectivity index (χ0n) is 13.7. The van der Waals surface area contributed by atoms with E-state index in [0.29, 0.717) is 49.5 Å². The molecule has 2 amide bonds. The number of benzene rings is 1. The molecular formula is C18H19FN4O2. The maximum Gasteiger partial charge on any atom is 0.255 e. The van der Waals surface area contributed by atoms with E-state index in [0.717, 1.165) is 6.41 Å². The standard InChI is InChI=1S/C18H19FN4O2/c19-17-4-2-1-3-14(17)11-21-16-9-15(10-20-12-16)18(25)23-7-5-22(13-24)6-8-23/h1-4,9-10,12-13,21H,5-8,11H2. The summed E-state index contributed by atoms with van der Waals surface area (Å²) in [5.74, 6) is -0.393. The summed E-state index contributed by atoms with van der Waals surface area (Å²) in [6, 6.07) is 8.25. The van der Waals surface area contributed by atoms with E-state index in [1.165, 1.54) is 12.3 Å². The number of anilines is 1. The topological polar surface area (TPSA) is 65.5 Å². The Morgan fingerprint density at radius 3 is 2.68 bits per heavy atom. The van der Waals surface area contributed by atoms with E-state index in [9.17, 15) is 14.0 Å². The van der Waals surface area contributed by atoms with Crippen LogP contribution in [0.2, 0.25) is 0 Å². The largest absolute Gasteiger partial charge is 0.380 e. The Morgan fingerprint density at radius 1 is 1.20 bits per heavy atom. The van der Waals surface area contributed by atoms with Gasteiger partial charge in [0.05, 0.1) is 11.3 Å². The summed E-state index contributed by atoms with van der Waals surface area (Å²) in [5.41, 5.74) is 1.67. The first-order chi connectivity index (χ1) is 12.2. The van der Waals surface area contributed by atoms with Crippen LogP contribution in [0.3, 0.4) is 0 Å². The van der Waals surface area contributed by atoms with Crippen LogP contribution in [-0.2, 0) is 11.3 Å². The minimum atomic E-state index is -0.275. The molecule has 1 aliphatic heterocycles. The maximum absolute atomic E-state index is 13.7. The number of hydrogen-bond acceptors (Lipinski definition) is 4. The minimum Gasteiger partial charge on any atom is -0.380 e. The van der Waals surface area contributed by atoms with Crippen molar-refractivity contribution in [3.63, 3.8) is 0 Å². The quantitative estimate of drug-likeness (QED) is 0.841. The number of hydrogen-bond donors (Lipinski definition) is 1. The highest BCUT2D eigenvalue weighted by atomic mass is 19.1. The van der Waals surface area contributed by atoms with Crippen LogP contribution in [0.5, 0.6) is 0 Å². The van der Waals surface area contributed by atoms with Gasteiger partial charge >= 0.3 is 0 Å². The number of amides is 2. The second-order valence-electron chi connectivity index (χ2n) is 5.84. The molecule has 1 N–H and O–H groups in total. The Bertz CT molecular complexity index is 760. The first kappa shape index (κ1) is 16.9. The number of aromatic nitrogens is 1. The number of pyridine rings is 1. The van der Waals surface area contributed by atoms with Crippen molar-refractivity contribution in [2.45, 2.75) is 6.54 Å². The third kappa shape index (κ3) is 4.12. The van der Waals surface area contributed by atoms with Crippen molar-refractivity contribution < 1.29 is 14.0 Å². The maximum atomic E-state index is 13.7. The van der Waals surface area contributed by atoms with Gasteiger partial charge < -0.3 is 15.1 Å². The molecule has 0 radical (unpaired) electrons. The SMILES string of the molecule is O=CN1CCN(C(=O)c2cncc(NCc3ccccc3F)c2)CC1. The predicted molar refractivity (Wildman–Crippen MR) is 91.5 cm³/mol. The molecule has 2 heterocycles. The molecule has 0 saturated carbocycles. The van der Waals surface area contributed by atoms with Gasteiger partial charge in [-0.25, -0.2) is 4.39 Å². The number of carbonyl (C=O) groups is 2. The van der Waals surface area contributed by atoms with E-state index in [-0.39, 0.29) is 11.7 Å². The summed E-state index contributed by atoms with van der Waals surface area (Å²) >= 11 is 0. The monoisotopic (exact) mass is 342 g/mol. The molecular weight excluding hydrogens is 323 g/mol. The third-order valence-corrected chi connectivity index (χ3v) is 4.18. The van der Waals surface area contributed by atoms with Crippen LogP contribution in [0.4, 0.5) is 10.1 Å². The fraction of sp³-hybridized carbons (Fsp3) is 0.278. The molecule has 0 aliphatic carbocycles. The van der Waals surface area contributed by atoms with E-state index < -0.39 is 0 Å². The van der Waals surface area contributed by atoms with Gasteiger partial charge in [0.1, 0.15) is 5.82 Å². The fourth-order valence-electron chi connectivity index (χ4n) is 2.71. The predicted octanol–water partition coefficient (Wildman–Crippen LogP) is 1.75. The molecule has 1 aromatic carbocycles. The van der Waals surface area contributed by atoms with Crippen LogP contribution >= 0.6 is 0 Å². The number of halogens is 1. The zero-order valence-corrected chi connectivity index (χ0v) is 13.7. The molecule has 0 atom stereocenters. The summed E-state index contributed by atoms with van der Waals surface area (Å²) in [7, 11) is 0. The van der Waals surface area contributed by atoms with Gasteiger partial charge in [-0.2, -0.15) is 0 Å². The van der Waals surface area contributed by atoms with Gasteiger partial charge in [0.2, 0.25) is 6.41 Å². The molecule has 6 nitrogen and oxygen atoms in total. The summed E-state index contributed by atoms with van der Waals surface area (Å²) in [5, 5.41) is 3.09. The van der Waals surface area contributed by atoms with E-state index in [4.69, 9.17) is 0 Å². The number of nitrogens with one attached hydrogen (secondary N) is 1. The average Bonchev–Trinajstić information content (AvgIpc) is 2.67. The molecule has 130 valence electrons.